The van der Waals surface area contributed by atoms with Gasteiger partial charge >= 0.3 is 5.97 Å². The second-order valence-electron chi connectivity index (χ2n) is 7.02. The molecule has 1 amide bonds. The fourth-order valence-corrected chi connectivity index (χ4v) is 4.10. The number of likely N-dealkylation sites (tertiary alicyclic amines) is 1. The average molecular weight is 352 g/mol. The summed E-state index contributed by atoms with van der Waals surface area (Å²) in [4.78, 5) is 26.6. The first-order valence-electron chi connectivity index (χ1n) is 8.25. The SMILES string of the molecule is C[C@@]1(C(=O)O)CCN(C(=O)C2(c3ccccc3Cl)CCOCC2)C1. The summed E-state index contributed by atoms with van der Waals surface area (Å²) in [5, 5.41) is 10.0. The van der Waals surface area contributed by atoms with Gasteiger partial charge in [0.15, 0.2) is 0 Å². The van der Waals surface area contributed by atoms with E-state index in [-0.39, 0.29) is 12.5 Å². The molecule has 6 heteroatoms. The third kappa shape index (κ3) is 2.80. The highest BCUT2D eigenvalue weighted by Gasteiger charge is 2.50. The van der Waals surface area contributed by atoms with Crippen LogP contribution in [0.1, 0.15) is 31.7 Å². The number of hydrogen-bond acceptors (Lipinski definition) is 3. The number of halogens is 1. The lowest BCUT2D eigenvalue weighted by atomic mass is 9.73. The van der Waals surface area contributed by atoms with Gasteiger partial charge in [0.25, 0.3) is 0 Å². The second kappa shape index (κ2) is 6.37. The van der Waals surface area contributed by atoms with E-state index in [1.807, 2.05) is 18.2 Å². The summed E-state index contributed by atoms with van der Waals surface area (Å²) in [6.07, 6.45) is 1.61. The van der Waals surface area contributed by atoms with E-state index in [2.05, 4.69) is 0 Å². The number of benzene rings is 1. The number of hydrogen-bond donors (Lipinski definition) is 1. The Morgan fingerprint density at radius 1 is 1.21 bits per heavy atom. The van der Waals surface area contributed by atoms with Crippen molar-refractivity contribution < 1.29 is 19.4 Å². The van der Waals surface area contributed by atoms with Crippen LogP contribution in [0.3, 0.4) is 0 Å². The Labute approximate surface area is 146 Å². The van der Waals surface area contributed by atoms with Crippen molar-refractivity contribution in [3.05, 3.63) is 34.9 Å². The van der Waals surface area contributed by atoms with Crippen molar-refractivity contribution in [3.8, 4) is 0 Å². The topological polar surface area (TPSA) is 66.8 Å². The summed E-state index contributed by atoms with van der Waals surface area (Å²) >= 11 is 6.40. The van der Waals surface area contributed by atoms with Crippen molar-refractivity contribution >= 4 is 23.5 Å². The van der Waals surface area contributed by atoms with Crippen molar-refractivity contribution in [2.75, 3.05) is 26.3 Å². The molecule has 2 fully saturated rings. The predicted molar refractivity (Wildman–Crippen MR) is 90.1 cm³/mol. The molecule has 1 N–H and O–H groups in total. The van der Waals surface area contributed by atoms with Crippen LogP contribution < -0.4 is 0 Å². The largest absolute Gasteiger partial charge is 0.481 e. The molecule has 1 atom stereocenters. The van der Waals surface area contributed by atoms with Gasteiger partial charge in [0.1, 0.15) is 0 Å². The lowest BCUT2D eigenvalue weighted by Crippen LogP contribution is -2.50. The molecule has 0 aromatic heterocycles. The van der Waals surface area contributed by atoms with Gasteiger partial charge in [0.05, 0.1) is 10.8 Å². The average Bonchev–Trinajstić information content (AvgIpc) is 2.99. The molecule has 24 heavy (non-hydrogen) atoms. The third-order valence-electron chi connectivity index (χ3n) is 5.42. The zero-order valence-corrected chi connectivity index (χ0v) is 14.5. The Hall–Kier alpha value is -1.59. The normalized spacial score (nSPS) is 26.3. The van der Waals surface area contributed by atoms with Crippen molar-refractivity contribution in [3.63, 3.8) is 0 Å². The minimum absolute atomic E-state index is 0.0242. The number of amides is 1. The monoisotopic (exact) mass is 351 g/mol. The Bertz CT molecular complexity index is 656. The maximum Gasteiger partial charge on any atom is 0.311 e. The number of carboxylic acid groups (broad SMARTS) is 1. The van der Waals surface area contributed by atoms with Crippen LogP contribution in [0.4, 0.5) is 0 Å². The highest BCUT2D eigenvalue weighted by atomic mass is 35.5. The number of carboxylic acids is 1. The number of nitrogens with zero attached hydrogens (tertiary/aromatic N) is 1. The molecule has 0 spiro atoms. The van der Waals surface area contributed by atoms with Crippen molar-refractivity contribution in [2.24, 2.45) is 5.41 Å². The van der Waals surface area contributed by atoms with Gasteiger partial charge in [-0.15, -0.1) is 0 Å². The van der Waals surface area contributed by atoms with Crippen molar-refractivity contribution in [1.82, 2.24) is 4.90 Å². The van der Waals surface area contributed by atoms with Gasteiger partial charge in [-0.2, -0.15) is 0 Å². The van der Waals surface area contributed by atoms with Crippen LogP contribution in [0.15, 0.2) is 24.3 Å². The van der Waals surface area contributed by atoms with Gasteiger partial charge in [0.2, 0.25) is 5.91 Å². The summed E-state index contributed by atoms with van der Waals surface area (Å²) in [6, 6.07) is 7.43. The molecule has 0 bridgehead atoms. The van der Waals surface area contributed by atoms with Crippen LogP contribution in [-0.2, 0) is 19.7 Å². The summed E-state index contributed by atoms with van der Waals surface area (Å²) in [6.45, 7) is 3.42. The Kier molecular flexibility index (Phi) is 4.58. The lowest BCUT2D eigenvalue weighted by Gasteiger charge is -2.39. The number of rotatable bonds is 3. The molecular weight excluding hydrogens is 330 g/mol. The van der Waals surface area contributed by atoms with E-state index in [0.717, 1.165) is 5.56 Å². The number of carbonyl (C=O) groups excluding carboxylic acids is 1. The summed E-state index contributed by atoms with van der Waals surface area (Å²) in [5.74, 6) is -0.875. The molecule has 5 nitrogen and oxygen atoms in total. The minimum atomic E-state index is -0.873. The van der Waals surface area contributed by atoms with E-state index in [4.69, 9.17) is 16.3 Å². The number of aliphatic carboxylic acids is 1. The standard InChI is InChI=1S/C18H22ClNO4/c1-17(16(22)23)6-9-20(12-17)15(21)18(7-10-24-11-8-18)13-4-2-3-5-14(13)19/h2-5H,6-12H2,1H3,(H,22,23)/t17-/m1/s1. The van der Waals surface area contributed by atoms with E-state index in [1.54, 1.807) is 17.9 Å². The molecule has 2 aliphatic heterocycles. The molecule has 2 saturated heterocycles. The molecule has 0 saturated carbocycles. The third-order valence-corrected chi connectivity index (χ3v) is 5.75. The minimum Gasteiger partial charge on any atom is -0.481 e. The lowest BCUT2D eigenvalue weighted by molar-refractivity contribution is -0.148. The van der Waals surface area contributed by atoms with E-state index in [1.165, 1.54) is 0 Å². The smallest absolute Gasteiger partial charge is 0.311 e. The highest BCUT2D eigenvalue weighted by molar-refractivity contribution is 6.31. The molecule has 130 valence electrons. The predicted octanol–water partition coefficient (Wildman–Crippen LogP) is 2.71. The van der Waals surface area contributed by atoms with E-state index in [0.29, 0.717) is 44.0 Å². The summed E-state index contributed by atoms with van der Waals surface area (Å²) < 4.78 is 5.47. The maximum atomic E-state index is 13.4. The van der Waals surface area contributed by atoms with Gasteiger partial charge < -0.3 is 14.7 Å². The van der Waals surface area contributed by atoms with Crippen LogP contribution >= 0.6 is 11.6 Å². The number of ether oxygens (including phenoxy) is 1. The van der Waals surface area contributed by atoms with Gasteiger partial charge in [0, 0.05) is 31.3 Å². The molecule has 0 radical (unpaired) electrons. The van der Waals surface area contributed by atoms with Crippen LogP contribution in [0.2, 0.25) is 5.02 Å². The fraction of sp³-hybridized carbons (Fsp3) is 0.556. The van der Waals surface area contributed by atoms with Gasteiger partial charge in [-0.3, -0.25) is 9.59 Å². The maximum absolute atomic E-state index is 13.4. The first kappa shape index (κ1) is 17.2. The Balaban J connectivity index is 1.94. The summed E-state index contributed by atoms with van der Waals surface area (Å²) in [7, 11) is 0. The zero-order valence-electron chi connectivity index (χ0n) is 13.8. The Morgan fingerprint density at radius 3 is 2.46 bits per heavy atom. The highest BCUT2D eigenvalue weighted by Crippen LogP contribution is 2.42. The van der Waals surface area contributed by atoms with Gasteiger partial charge in [-0.1, -0.05) is 29.8 Å². The van der Waals surface area contributed by atoms with Crippen LogP contribution in [0.5, 0.6) is 0 Å². The molecule has 1 aromatic carbocycles. The molecule has 2 heterocycles. The molecule has 1 aromatic rings. The van der Waals surface area contributed by atoms with E-state index in [9.17, 15) is 14.7 Å². The summed E-state index contributed by atoms with van der Waals surface area (Å²) in [5.41, 5.74) is -0.771. The molecule has 2 aliphatic rings. The zero-order chi connectivity index (χ0) is 17.4. The molecule has 0 unspecified atom stereocenters. The van der Waals surface area contributed by atoms with Gasteiger partial charge in [-0.25, -0.2) is 0 Å². The second-order valence-corrected chi connectivity index (χ2v) is 7.42. The van der Waals surface area contributed by atoms with E-state index < -0.39 is 16.8 Å². The van der Waals surface area contributed by atoms with Crippen LogP contribution in [-0.4, -0.2) is 48.2 Å². The molecule has 3 rings (SSSR count). The first-order valence-corrected chi connectivity index (χ1v) is 8.62. The number of carbonyl (C=O) groups is 2. The molecule has 0 aliphatic carbocycles. The van der Waals surface area contributed by atoms with Crippen molar-refractivity contribution in [1.29, 1.82) is 0 Å². The van der Waals surface area contributed by atoms with Crippen molar-refractivity contribution in [2.45, 2.75) is 31.6 Å². The Morgan fingerprint density at radius 2 is 1.88 bits per heavy atom. The molecular formula is C18H22ClNO4. The van der Waals surface area contributed by atoms with Crippen LogP contribution in [0.25, 0.3) is 0 Å². The van der Waals surface area contributed by atoms with E-state index >= 15 is 0 Å². The fourth-order valence-electron chi connectivity index (χ4n) is 3.78. The quantitative estimate of drug-likeness (QED) is 0.909. The van der Waals surface area contributed by atoms with Gasteiger partial charge in [-0.05, 0) is 37.8 Å². The first-order chi connectivity index (χ1) is 11.4. The van der Waals surface area contributed by atoms with Crippen LogP contribution in [0, 0.1) is 5.41 Å².